The highest BCUT2D eigenvalue weighted by Gasteiger charge is 2.26. The summed E-state index contributed by atoms with van der Waals surface area (Å²) in [5, 5.41) is 5.13. The Kier molecular flexibility index (Phi) is 6.65. The number of aromatic nitrogens is 2. The lowest BCUT2D eigenvalue weighted by atomic mass is 10.0. The third-order valence-corrected chi connectivity index (χ3v) is 6.04. The highest BCUT2D eigenvalue weighted by atomic mass is 32.1. The van der Waals surface area contributed by atoms with Crippen molar-refractivity contribution in [1.29, 1.82) is 0 Å². The zero-order valence-corrected chi connectivity index (χ0v) is 19.0. The Morgan fingerprint density at radius 1 is 1.06 bits per heavy atom. The molecule has 0 aliphatic heterocycles. The summed E-state index contributed by atoms with van der Waals surface area (Å²) in [7, 11) is 0. The van der Waals surface area contributed by atoms with Crippen LogP contribution in [0, 0.1) is 5.92 Å². The number of amides is 1. The minimum Gasteiger partial charge on any atom is -0.456 e. The van der Waals surface area contributed by atoms with Crippen molar-refractivity contribution < 1.29 is 14.3 Å². The smallest absolute Gasteiger partial charge is 0.329 e. The summed E-state index contributed by atoms with van der Waals surface area (Å²) in [5.41, 5.74) is 1.92. The van der Waals surface area contributed by atoms with Crippen LogP contribution in [0.5, 0.6) is 0 Å². The number of benzene rings is 2. The van der Waals surface area contributed by atoms with Gasteiger partial charge in [0.15, 0.2) is 0 Å². The molecule has 168 valence electrons. The number of ether oxygens (including phenoxy) is 1. The van der Waals surface area contributed by atoms with Crippen LogP contribution in [0.2, 0.25) is 0 Å². The predicted molar refractivity (Wildman–Crippen MR) is 128 cm³/mol. The quantitative estimate of drug-likeness (QED) is 0.403. The molecule has 0 spiro atoms. The molecule has 8 heteroatoms. The van der Waals surface area contributed by atoms with Gasteiger partial charge in [-0.15, -0.1) is 11.3 Å². The molecular formula is C25H23N3O4S. The number of carbonyl (C=O) groups is 2. The number of nitrogens with zero attached hydrogens (tertiary/aromatic N) is 1. The molecule has 4 rings (SSSR count). The van der Waals surface area contributed by atoms with Gasteiger partial charge in [-0.05, 0) is 23.6 Å². The average molecular weight is 462 g/mol. The van der Waals surface area contributed by atoms with Crippen molar-refractivity contribution in [1.82, 2.24) is 15.3 Å². The topological polar surface area (TPSA) is 101 Å². The van der Waals surface area contributed by atoms with E-state index in [2.05, 4.69) is 15.3 Å². The van der Waals surface area contributed by atoms with Gasteiger partial charge in [-0.1, -0.05) is 62.4 Å². The fourth-order valence-electron chi connectivity index (χ4n) is 3.43. The maximum absolute atomic E-state index is 12.8. The van der Waals surface area contributed by atoms with Gasteiger partial charge in [0.05, 0.1) is 5.39 Å². The molecule has 0 unspecified atom stereocenters. The molecule has 1 amide bonds. The third kappa shape index (κ3) is 5.01. The highest BCUT2D eigenvalue weighted by molar-refractivity contribution is 7.17. The molecule has 0 fully saturated rings. The van der Waals surface area contributed by atoms with Crippen LogP contribution in [-0.2, 0) is 16.1 Å². The fourth-order valence-corrected chi connectivity index (χ4v) is 4.40. The molecule has 4 aromatic rings. The second-order valence-electron chi connectivity index (χ2n) is 7.88. The first-order chi connectivity index (χ1) is 15.9. The minimum absolute atomic E-state index is 0.189. The molecule has 2 aromatic heterocycles. The van der Waals surface area contributed by atoms with Gasteiger partial charge in [-0.2, -0.15) is 0 Å². The Balaban J connectivity index is 1.48. The summed E-state index contributed by atoms with van der Waals surface area (Å²) in [6.45, 7) is 3.44. The number of aromatic amines is 1. The van der Waals surface area contributed by atoms with E-state index in [1.807, 2.05) is 55.6 Å². The molecule has 7 nitrogen and oxygen atoms in total. The van der Waals surface area contributed by atoms with E-state index in [0.29, 0.717) is 15.8 Å². The van der Waals surface area contributed by atoms with Crippen LogP contribution in [0.25, 0.3) is 21.3 Å². The van der Waals surface area contributed by atoms with Gasteiger partial charge in [0.25, 0.3) is 11.5 Å². The molecule has 2 aromatic carbocycles. The number of rotatable bonds is 7. The summed E-state index contributed by atoms with van der Waals surface area (Å²) >= 11 is 1.36. The second kappa shape index (κ2) is 9.79. The maximum Gasteiger partial charge on any atom is 0.329 e. The van der Waals surface area contributed by atoms with Crippen LogP contribution in [-0.4, -0.2) is 27.9 Å². The molecule has 0 aliphatic rings. The monoisotopic (exact) mass is 461 g/mol. The Morgan fingerprint density at radius 3 is 2.39 bits per heavy atom. The SMILES string of the molecule is CC(C)[C@@H](NC(=O)c1ccccc1)C(=O)OCc1nc2scc(-c3ccccc3)c2c(=O)[nH]1. The Morgan fingerprint density at radius 2 is 1.73 bits per heavy atom. The van der Waals surface area contributed by atoms with Gasteiger partial charge in [0, 0.05) is 16.5 Å². The molecule has 0 aliphatic carbocycles. The van der Waals surface area contributed by atoms with Gasteiger partial charge in [0.2, 0.25) is 0 Å². The number of hydrogen-bond acceptors (Lipinski definition) is 6. The van der Waals surface area contributed by atoms with Crippen molar-refractivity contribution in [3.63, 3.8) is 0 Å². The van der Waals surface area contributed by atoms with Crippen LogP contribution in [0.3, 0.4) is 0 Å². The molecule has 1 atom stereocenters. The largest absolute Gasteiger partial charge is 0.456 e. The minimum atomic E-state index is -0.834. The first kappa shape index (κ1) is 22.4. The lowest BCUT2D eigenvalue weighted by Gasteiger charge is -2.20. The van der Waals surface area contributed by atoms with E-state index in [9.17, 15) is 14.4 Å². The molecule has 0 saturated carbocycles. The molecule has 2 heterocycles. The Hall–Kier alpha value is -3.78. The van der Waals surface area contributed by atoms with Gasteiger partial charge in [-0.25, -0.2) is 9.78 Å². The van der Waals surface area contributed by atoms with Crippen LogP contribution in [0.15, 0.2) is 70.8 Å². The molecule has 2 N–H and O–H groups in total. The number of thiophene rings is 1. The van der Waals surface area contributed by atoms with Crippen molar-refractivity contribution in [3.05, 3.63) is 87.8 Å². The molecule has 0 bridgehead atoms. The number of H-pyrrole nitrogens is 1. The summed E-state index contributed by atoms with van der Waals surface area (Å²) in [4.78, 5) is 45.7. The van der Waals surface area contributed by atoms with Crippen molar-refractivity contribution in [2.45, 2.75) is 26.5 Å². The summed E-state index contributed by atoms with van der Waals surface area (Å²) in [5.74, 6) is -0.885. The first-order valence-corrected chi connectivity index (χ1v) is 11.4. The van der Waals surface area contributed by atoms with Gasteiger partial charge in [-0.3, -0.25) is 9.59 Å². The normalized spacial score (nSPS) is 12.0. The van der Waals surface area contributed by atoms with Crippen molar-refractivity contribution >= 4 is 33.4 Å². The van der Waals surface area contributed by atoms with E-state index in [0.717, 1.165) is 11.1 Å². The van der Waals surface area contributed by atoms with E-state index in [1.54, 1.807) is 24.3 Å². The molecule has 0 radical (unpaired) electrons. The zero-order valence-electron chi connectivity index (χ0n) is 18.2. The highest BCUT2D eigenvalue weighted by Crippen LogP contribution is 2.30. The van der Waals surface area contributed by atoms with Crippen molar-refractivity contribution in [3.8, 4) is 11.1 Å². The summed E-state index contributed by atoms with van der Waals surface area (Å²) in [6.07, 6.45) is 0. The Bertz CT molecular complexity index is 1330. The zero-order chi connectivity index (χ0) is 23.4. The number of fused-ring (bicyclic) bond motifs is 1. The van der Waals surface area contributed by atoms with Crippen LogP contribution < -0.4 is 10.9 Å². The third-order valence-electron chi connectivity index (χ3n) is 5.17. The van der Waals surface area contributed by atoms with Crippen molar-refractivity contribution in [2.75, 3.05) is 0 Å². The lowest BCUT2D eigenvalue weighted by molar-refractivity contribution is -0.148. The summed E-state index contributed by atoms with van der Waals surface area (Å²) in [6, 6.07) is 17.4. The van der Waals surface area contributed by atoms with Gasteiger partial charge < -0.3 is 15.0 Å². The van der Waals surface area contributed by atoms with E-state index in [1.165, 1.54) is 11.3 Å². The fraction of sp³-hybridized carbons (Fsp3) is 0.200. The van der Waals surface area contributed by atoms with Gasteiger partial charge >= 0.3 is 5.97 Å². The number of nitrogens with one attached hydrogen (secondary N) is 2. The first-order valence-electron chi connectivity index (χ1n) is 10.5. The van der Waals surface area contributed by atoms with Crippen LogP contribution >= 0.6 is 11.3 Å². The second-order valence-corrected chi connectivity index (χ2v) is 8.74. The van der Waals surface area contributed by atoms with Gasteiger partial charge in [0.1, 0.15) is 23.3 Å². The number of carbonyl (C=O) groups excluding carboxylic acids is 2. The van der Waals surface area contributed by atoms with E-state index < -0.39 is 12.0 Å². The molecule has 33 heavy (non-hydrogen) atoms. The van der Waals surface area contributed by atoms with Crippen LogP contribution in [0.4, 0.5) is 0 Å². The Labute approximate surface area is 194 Å². The lowest BCUT2D eigenvalue weighted by Crippen LogP contribution is -2.45. The van der Waals surface area contributed by atoms with E-state index in [4.69, 9.17) is 4.74 Å². The standard InChI is InChI=1S/C25H23N3O4S/c1-15(2)21(28-22(29)17-11-7-4-8-12-17)25(31)32-13-19-26-23(30)20-18(14-33-24(20)27-19)16-9-5-3-6-10-16/h3-12,14-15,21H,13H2,1-2H3,(H,28,29)(H,26,27,30)/t21-/m1/s1. The molecule has 0 saturated heterocycles. The molecular weight excluding hydrogens is 438 g/mol. The van der Waals surface area contributed by atoms with Crippen LogP contribution in [0.1, 0.15) is 30.0 Å². The van der Waals surface area contributed by atoms with E-state index in [-0.39, 0.29) is 29.8 Å². The summed E-state index contributed by atoms with van der Waals surface area (Å²) < 4.78 is 5.40. The maximum atomic E-state index is 12.8. The van der Waals surface area contributed by atoms with E-state index >= 15 is 0 Å². The number of hydrogen-bond donors (Lipinski definition) is 2. The number of esters is 1. The average Bonchev–Trinajstić information content (AvgIpc) is 3.26. The van der Waals surface area contributed by atoms with Crippen molar-refractivity contribution in [2.24, 2.45) is 5.92 Å². The predicted octanol–water partition coefficient (Wildman–Crippen LogP) is 4.15.